The smallest absolute Gasteiger partial charge is 0.338 e. The Kier molecular flexibility index (Phi) is 6.21. The number of rotatable bonds is 5. The molecular weight excluding hydrogens is 413 g/mol. The molecule has 8 heteroatoms. The van der Waals surface area contributed by atoms with Gasteiger partial charge in [-0.05, 0) is 55.2 Å². The molecule has 2 aromatic rings. The normalized spacial score (nSPS) is 17.4. The fourth-order valence-corrected chi connectivity index (χ4v) is 4.35. The highest BCUT2D eigenvalue weighted by Crippen LogP contribution is 2.29. The van der Waals surface area contributed by atoms with Crippen LogP contribution in [0.3, 0.4) is 0 Å². The van der Waals surface area contributed by atoms with E-state index in [-0.39, 0.29) is 35.7 Å². The van der Waals surface area contributed by atoms with Crippen LogP contribution in [0, 0.1) is 24.1 Å². The zero-order valence-electron chi connectivity index (χ0n) is 17.7. The van der Waals surface area contributed by atoms with Crippen molar-refractivity contribution < 1.29 is 23.8 Å². The first-order chi connectivity index (χ1) is 15.4. The molecule has 32 heavy (non-hydrogen) atoms. The van der Waals surface area contributed by atoms with E-state index in [2.05, 4.69) is 10.2 Å². The van der Waals surface area contributed by atoms with Crippen molar-refractivity contribution in [2.75, 3.05) is 19.6 Å². The summed E-state index contributed by atoms with van der Waals surface area (Å²) in [6, 6.07) is 9.02. The van der Waals surface area contributed by atoms with E-state index in [1.807, 2.05) is 6.92 Å². The second-order valence-electron chi connectivity index (χ2n) is 8.25. The lowest BCUT2D eigenvalue weighted by Gasteiger charge is -2.33. The zero-order valence-corrected chi connectivity index (χ0v) is 17.7. The van der Waals surface area contributed by atoms with Crippen LogP contribution in [0.25, 0.3) is 0 Å². The van der Waals surface area contributed by atoms with Gasteiger partial charge in [-0.25, -0.2) is 9.18 Å². The lowest BCUT2D eigenvalue weighted by atomic mass is 9.94. The van der Waals surface area contributed by atoms with Crippen LogP contribution in [0.2, 0.25) is 0 Å². The fourth-order valence-electron chi connectivity index (χ4n) is 4.35. The largest absolute Gasteiger partial charge is 0.457 e. The number of hydrogen-bond donors (Lipinski definition) is 2. The number of nitriles is 1. The van der Waals surface area contributed by atoms with Crippen molar-refractivity contribution in [2.24, 2.45) is 0 Å². The minimum absolute atomic E-state index is 0.0421. The summed E-state index contributed by atoms with van der Waals surface area (Å²) in [5.74, 6) is -1.39. The van der Waals surface area contributed by atoms with E-state index in [0.717, 1.165) is 22.8 Å². The molecule has 166 valence electrons. The number of β-amino-alcohol motifs (C(OH)–C–C–N with tert-alkyl or cyclic N) is 1. The Bertz CT molecular complexity index is 1100. The average molecular weight is 437 g/mol. The molecule has 7 nitrogen and oxygen atoms in total. The molecule has 2 aliphatic heterocycles. The van der Waals surface area contributed by atoms with E-state index >= 15 is 0 Å². The molecule has 2 N–H and O–H groups in total. The Morgan fingerprint density at radius 3 is 2.78 bits per heavy atom. The Balaban J connectivity index is 1.31. The van der Waals surface area contributed by atoms with Gasteiger partial charge in [-0.2, -0.15) is 5.26 Å². The van der Waals surface area contributed by atoms with Crippen molar-refractivity contribution >= 4 is 11.9 Å². The number of cyclic esters (lactones) is 1. The van der Waals surface area contributed by atoms with E-state index in [0.29, 0.717) is 38.0 Å². The molecule has 4 rings (SSSR count). The number of esters is 1. The van der Waals surface area contributed by atoms with Gasteiger partial charge >= 0.3 is 5.97 Å². The molecule has 1 saturated heterocycles. The second-order valence-corrected chi connectivity index (χ2v) is 8.25. The molecule has 1 fully saturated rings. The number of hydrogen-bond acceptors (Lipinski definition) is 6. The number of carbonyl (C=O) groups excluding carboxylic acids is 2. The molecule has 2 heterocycles. The van der Waals surface area contributed by atoms with Crippen molar-refractivity contribution in [3.05, 3.63) is 69.5 Å². The van der Waals surface area contributed by atoms with E-state index in [4.69, 9.17) is 10.00 Å². The third kappa shape index (κ3) is 4.35. The maximum Gasteiger partial charge on any atom is 0.338 e. The Hall–Kier alpha value is -3.28. The quantitative estimate of drug-likeness (QED) is 0.697. The van der Waals surface area contributed by atoms with Crippen LogP contribution < -0.4 is 5.32 Å². The van der Waals surface area contributed by atoms with Crippen LogP contribution in [0.15, 0.2) is 30.3 Å². The monoisotopic (exact) mass is 437 g/mol. The van der Waals surface area contributed by atoms with Crippen LogP contribution in [-0.2, 0) is 11.3 Å². The van der Waals surface area contributed by atoms with Gasteiger partial charge in [0.25, 0.3) is 5.91 Å². The summed E-state index contributed by atoms with van der Waals surface area (Å²) in [6.45, 7) is 4.00. The molecule has 0 saturated carbocycles. The Morgan fingerprint density at radius 1 is 1.34 bits per heavy atom. The molecule has 0 radical (unpaired) electrons. The van der Waals surface area contributed by atoms with Crippen molar-refractivity contribution in [1.82, 2.24) is 10.2 Å². The van der Waals surface area contributed by atoms with Crippen molar-refractivity contribution in [3.63, 3.8) is 0 Å². The number of halogens is 1. The van der Waals surface area contributed by atoms with E-state index in [1.165, 1.54) is 12.1 Å². The average Bonchev–Trinajstić information content (AvgIpc) is 3.16. The second kappa shape index (κ2) is 9.07. The van der Waals surface area contributed by atoms with E-state index < -0.39 is 11.9 Å². The minimum Gasteiger partial charge on any atom is -0.457 e. The van der Waals surface area contributed by atoms with Gasteiger partial charge in [0.15, 0.2) is 0 Å². The van der Waals surface area contributed by atoms with Gasteiger partial charge in [-0.3, -0.25) is 4.79 Å². The molecule has 2 aliphatic rings. The summed E-state index contributed by atoms with van der Waals surface area (Å²) in [7, 11) is 0. The number of nitrogens with zero attached hydrogens (tertiary/aromatic N) is 2. The number of fused-ring (bicyclic) bond motifs is 1. The Labute approximate surface area is 185 Å². The highest BCUT2D eigenvalue weighted by Gasteiger charge is 2.27. The third-order valence-electron chi connectivity index (χ3n) is 6.27. The lowest BCUT2D eigenvalue weighted by Crippen LogP contribution is -2.45. The van der Waals surface area contributed by atoms with Crippen LogP contribution in [0.5, 0.6) is 0 Å². The molecule has 0 bridgehead atoms. The first kappa shape index (κ1) is 21.9. The number of carbonyl (C=O) groups is 2. The number of piperidine rings is 1. The molecule has 1 unspecified atom stereocenters. The molecular formula is C24H24FN3O4. The van der Waals surface area contributed by atoms with Gasteiger partial charge in [-0.15, -0.1) is 0 Å². The summed E-state index contributed by atoms with van der Waals surface area (Å²) in [5.41, 5.74) is 3.18. The van der Waals surface area contributed by atoms with Gasteiger partial charge in [-0.1, -0.05) is 6.07 Å². The maximum atomic E-state index is 13.8. The number of likely N-dealkylation sites (tertiary alicyclic amines) is 1. The molecule has 1 atom stereocenters. The van der Waals surface area contributed by atoms with Crippen LogP contribution in [0.1, 0.15) is 61.9 Å². The molecule has 0 aliphatic carbocycles. The first-order valence-corrected chi connectivity index (χ1v) is 10.6. The molecule has 0 spiro atoms. The van der Waals surface area contributed by atoms with Gasteiger partial charge in [0.2, 0.25) is 0 Å². The summed E-state index contributed by atoms with van der Waals surface area (Å²) in [4.78, 5) is 26.3. The van der Waals surface area contributed by atoms with Crippen molar-refractivity contribution in [2.45, 2.75) is 38.5 Å². The van der Waals surface area contributed by atoms with Gasteiger partial charge < -0.3 is 20.1 Å². The highest BCUT2D eigenvalue weighted by atomic mass is 19.1. The minimum atomic E-state index is -0.707. The topological polar surface area (TPSA) is 103 Å². The Morgan fingerprint density at radius 2 is 2.09 bits per heavy atom. The van der Waals surface area contributed by atoms with Crippen LogP contribution in [-0.4, -0.2) is 47.6 Å². The standard InChI is InChI=1S/C24H24FN3O4/c1-14-18(4-5-19-20(14)13-32-24(19)31)22(29)12-28-8-6-17(7-9-28)27-23(30)15-2-3-16(11-26)21(25)10-15/h2-5,10,17,22,29H,6-9,12-13H2,1H3,(H,27,30). The zero-order chi connectivity index (χ0) is 22.8. The van der Waals surface area contributed by atoms with E-state index in [1.54, 1.807) is 18.2 Å². The van der Waals surface area contributed by atoms with Crippen LogP contribution >= 0.6 is 0 Å². The van der Waals surface area contributed by atoms with Crippen LogP contribution in [0.4, 0.5) is 4.39 Å². The maximum absolute atomic E-state index is 13.8. The molecule has 2 aromatic carbocycles. The number of benzene rings is 2. The predicted molar refractivity (Wildman–Crippen MR) is 113 cm³/mol. The number of aliphatic hydroxyl groups is 1. The van der Waals surface area contributed by atoms with Gasteiger partial charge in [0.05, 0.1) is 17.2 Å². The summed E-state index contributed by atoms with van der Waals surface area (Å²) in [5, 5.41) is 22.5. The lowest BCUT2D eigenvalue weighted by molar-refractivity contribution is 0.0534. The molecule has 1 amide bonds. The van der Waals surface area contributed by atoms with Gasteiger partial charge in [0.1, 0.15) is 18.5 Å². The number of amides is 1. The predicted octanol–water partition coefficient (Wildman–Crippen LogP) is 2.60. The van der Waals surface area contributed by atoms with Crippen molar-refractivity contribution in [1.29, 1.82) is 5.26 Å². The number of ether oxygens (including phenoxy) is 1. The number of aliphatic hydroxyl groups excluding tert-OH is 1. The SMILES string of the molecule is Cc1c(C(O)CN2CCC(NC(=O)c3ccc(C#N)c(F)c3)CC2)ccc2c1COC2=O. The van der Waals surface area contributed by atoms with E-state index in [9.17, 15) is 19.1 Å². The first-order valence-electron chi connectivity index (χ1n) is 10.6. The number of nitrogens with one attached hydrogen (secondary N) is 1. The molecule has 0 aromatic heterocycles. The fraction of sp³-hybridized carbons (Fsp3) is 0.375. The summed E-state index contributed by atoms with van der Waals surface area (Å²) >= 11 is 0. The van der Waals surface area contributed by atoms with Gasteiger partial charge in [0, 0.05) is 36.8 Å². The summed E-state index contributed by atoms with van der Waals surface area (Å²) < 4.78 is 18.8. The summed E-state index contributed by atoms with van der Waals surface area (Å²) in [6.07, 6.45) is 0.731. The third-order valence-corrected chi connectivity index (χ3v) is 6.27. The highest BCUT2D eigenvalue weighted by molar-refractivity contribution is 5.94. The van der Waals surface area contributed by atoms with Crippen molar-refractivity contribution in [3.8, 4) is 6.07 Å².